The van der Waals surface area contributed by atoms with E-state index in [0.29, 0.717) is 33.9 Å². The first kappa shape index (κ1) is 21.6. The highest BCUT2D eigenvalue weighted by molar-refractivity contribution is 7.98. The van der Waals surface area contributed by atoms with Gasteiger partial charge in [-0.25, -0.2) is 4.98 Å². The molecule has 1 saturated heterocycles. The second kappa shape index (κ2) is 9.66. The highest BCUT2D eigenvalue weighted by Crippen LogP contribution is 2.24. The maximum atomic E-state index is 13.4. The molecule has 1 aliphatic heterocycles. The Hall–Kier alpha value is -2.64. The zero-order valence-corrected chi connectivity index (χ0v) is 18.7. The van der Waals surface area contributed by atoms with Crippen molar-refractivity contribution in [3.05, 3.63) is 70.0 Å². The summed E-state index contributed by atoms with van der Waals surface area (Å²) >= 11 is 1.53. The van der Waals surface area contributed by atoms with Crippen LogP contribution in [0, 0.1) is 0 Å². The van der Waals surface area contributed by atoms with Crippen LogP contribution in [0.5, 0.6) is 0 Å². The lowest BCUT2D eigenvalue weighted by Gasteiger charge is -2.17. The van der Waals surface area contributed by atoms with Crippen LogP contribution in [0.25, 0.3) is 10.9 Å². The molecule has 4 rings (SSSR count). The summed E-state index contributed by atoms with van der Waals surface area (Å²) in [6.45, 7) is 5.06. The molecule has 1 atom stereocenters. The normalized spacial score (nSPS) is 16.2. The van der Waals surface area contributed by atoms with E-state index >= 15 is 0 Å². The number of ether oxygens (including phenoxy) is 1. The second-order valence-electron chi connectivity index (χ2n) is 8.08. The molecule has 0 saturated carbocycles. The van der Waals surface area contributed by atoms with Crippen molar-refractivity contribution in [2.24, 2.45) is 0 Å². The number of nitrogens with zero attached hydrogens (tertiary/aromatic N) is 2. The third-order valence-corrected chi connectivity index (χ3v) is 6.27. The molecule has 0 unspecified atom stereocenters. The molecule has 0 radical (unpaired) electrons. The van der Waals surface area contributed by atoms with E-state index in [1.54, 1.807) is 22.8 Å². The Morgan fingerprint density at radius 3 is 2.77 bits per heavy atom. The number of amides is 1. The quantitative estimate of drug-likeness (QED) is 0.447. The van der Waals surface area contributed by atoms with E-state index in [1.807, 2.05) is 32.0 Å². The first-order chi connectivity index (χ1) is 15.0. The van der Waals surface area contributed by atoms with E-state index in [2.05, 4.69) is 17.4 Å². The fourth-order valence-corrected chi connectivity index (χ4v) is 4.64. The summed E-state index contributed by atoms with van der Waals surface area (Å²) in [4.78, 5) is 30.6. The molecule has 1 fully saturated rings. The average molecular weight is 438 g/mol. The standard InChI is InChI=1S/C24H27N3O3S/c1-16(2)25-22(28)18-10-11-20-21(13-18)26-24(31-15-17-7-4-3-5-8-17)27(23(20)29)14-19-9-6-12-30-19/h3-5,7-8,10-11,13,16,19H,6,9,12,14-15H2,1-2H3,(H,25,28)/t19-/m0/s1. The maximum absolute atomic E-state index is 13.4. The first-order valence-corrected chi connectivity index (χ1v) is 11.6. The molecule has 2 heterocycles. The summed E-state index contributed by atoms with van der Waals surface area (Å²) in [6, 6.07) is 15.2. The van der Waals surface area contributed by atoms with Gasteiger partial charge in [-0.2, -0.15) is 0 Å². The molecular weight excluding hydrogens is 410 g/mol. The van der Waals surface area contributed by atoms with Gasteiger partial charge in [0.05, 0.1) is 23.6 Å². The highest BCUT2D eigenvalue weighted by atomic mass is 32.2. The third kappa shape index (κ3) is 5.17. The van der Waals surface area contributed by atoms with Crippen LogP contribution in [0.4, 0.5) is 0 Å². The van der Waals surface area contributed by atoms with Crippen molar-refractivity contribution in [3.8, 4) is 0 Å². The number of fused-ring (bicyclic) bond motifs is 1. The molecule has 2 aromatic carbocycles. The van der Waals surface area contributed by atoms with Crippen molar-refractivity contribution < 1.29 is 9.53 Å². The van der Waals surface area contributed by atoms with Gasteiger partial charge in [0, 0.05) is 24.0 Å². The minimum Gasteiger partial charge on any atom is -0.376 e. The molecule has 0 bridgehead atoms. The number of thioether (sulfide) groups is 1. The zero-order valence-electron chi connectivity index (χ0n) is 17.8. The van der Waals surface area contributed by atoms with Gasteiger partial charge < -0.3 is 10.1 Å². The highest BCUT2D eigenvalue weighted by Gasteiger charge is 2.21. The lowest BCUT2D eigenvalue weighted by atomic mass is 10.1. The van der Waals surface area contributed by atoms with Gasteiger partial charge in [-0.3, -0.25) is 14.2 Å². The van der Waals surface area contributed by atoms with Crippen LogP contribution in [0.2, 0.25) is 0 Å². The van der Waals surface area contributed by atoms with Crippen molar-refractivity contribution in [2.45, 2.75) is 56.3 Å². The van der Waals surface area contributed by atoms with Crippen molar-refractivity contribution in [2.75, 3.05) is 6.61 Å². The van der Waals surface area contributed by atoms with E-state index in [1.165, 1.54) is 11.8 Å². The molecule has 3 aromatic rings. The summed E-state index contributed by atoms with van der Waals surface area (Å²) in [5.74, 6) is 0.540. The Bertz CT molecular complexity index is 1120. The number of nitrogens with one attached hydrogen (secondary N) is 1. The molecule has 6 nitrogen and oxygen atoms in total. The molecule has 31 heavy (non-hydrogen) atoms. The molecule has 7 heteroatoms. The van der Waals surface area contributed by atoms with E-state index in [9.17, 15) is 9.59 Å². The number of benzene rings is 2. The van der Waals surface area contributed by atoms with Crippen molar-refractivity contribution in [1.82, 2.24) is 14.9 Å². The molecular formula is C24H27N3O3S. The van der Waals surface area contributed by atoms with Crippen LogP contribution in [0.15, 0.2) is 58.5 Å². The summed E-state index contributed by atoms with van der Waals surface area (Å²) in [7, 11) is 0. The number of carbonyl (C=O) groups excluding carboxylic acids is 1. The molecule has 1 N–H and O–H groups in total. The number of aromatic nitrogens is 2. The monoisotopic (exact) mass is 437 g/mol. The maximum Gasteiger partial charge on any atom is 0.262 e. The summed E-state index contributed by atoms with van der Waals surface area (Å²) in [5, 5.41) is 4.06. The van der Waals surface area contributed by atoms with Gasteiger partial charge in [0.15, 0.2) is 5.16 Å². The minimum atomic E-state index is -0.166. The van der Waals surface area contributed by atoms with Gasteiger partial charge in [0.25, 0.3) is 11.5 Å². The molecule has 0 aliphatic carbocycles. The number of rotatable bonds is 7. The van der Waals surface area contributed by atoms with Crippen LogP contribution in [-0.4, -0.2) is 34.2 Å². The van der Waals surface area contributed by atoms with Gasteiger partial charge in [0.1, 0.15) is 0 Å². The van der Waals surface area contributed by atoms with Crippen molar-refractivity contribution >= 4 is 28.6 Å². The lowest BCUT2D eigenvalue weighted by molar-refractivity contribution is 0.0937. The predicted octanol–water partition coefficient (Wildman–Crippen LogP) is 4.01. The van der Waals surface area contributed by atoms with Crippen molar-refractivity contribution in [3.63, 3.8) is 0 Å². The molecule has 1 amide bonds. The zero-order chi connectivity index (χ0) is 21.8. The van der Waals surface area contributed by atoms with Crippen molar-refractivity contribution in [1.29, 1.82) is 0 Å². The lowest BCUT2D eigenvalue weighted by Crippen LogP contribution is -2.31. The van der Waals surface area contributed by atoms with Crippen LogP contribution in [0.1, 0.15) is 42.6 Å². The Balaban J connectivity index is 1.72. The fourth-order valence-electron chi connectivity index (χ4n) is 3.67. The van der Waals surface area contributed by atoms with E-state index < -0.39 is 0 Å². The van der Waals surface area contributed by atoms with Gasteiger partial charge >= 0.3 is 0 Å². The first-order valence-electron chi connectivity index (χ1n) is 10.6. The van der Waals surface area contributed by atoms with Gasteiger partial charge in [-0.05, 0) is 50.5 Å². The van der Waals surface area contributed by atoms with E-state index in [-0.39, 0.29) is 23.6 Å². The van der Waals surface area contributed by atoms with Gasteiger partial charge in [0.2, 0.25) is 0 Å². The Labute approximate surface area is 186 Å². The van der Waals surface area contributed by atoms with E-state index in [4.69, 9.17) is 9.72 Å². The SMILES string of the molecule is CC(C)NC(=O)c1ccc2c(=O)n(C[C@@H]3CCCO3)c(SCc3ccccc3)nc2c1. The largest absolute Gasteiger partial charge is 0.376 e. The molecule has 0 spiro atoms. The Morgan fingerprint density at radius 1 is 1.26 bits per heavy atom. The minimum absolute atomic E-state index is 0.0316. The molecule has 1 aliphatic rings. The molecule has 162 valence electrons. The molecule has 1 aromatic heterocycles. The Kier molecular flexibility index (Phi) is 6.73. The third-order valence-electron chi connectivity index (χ3n) is 5.22. The number of hydrogen-bond acceptors (Lipinski definition) is 5. The smallest absolute Gasteiger partial charge is 0.262 e. The van der Waals surface area contributed by atoms with Crippen LogP contribution in [-0.2, 0) is 17.0 Å². The number of hydrogen-bond donors (Lipinski definition) is 1. The Morgan fingerprint density at radius 2 is 2.06 bits per heavy atom. The average Bonchev–Trinajstić information content (AvgIpc) is 3.27. The summed E-state index contributed by atoms with van der Waals surface area (Å²) < 4.78 is 7.52. The summed E-state index contributed by atoms with van der Waals surface area (Å²) in [5.41, 5.74) is 2.12. The predicted molar refractivity (Wildman–Crippen MR) is 124 cm³/mol. The van der Waals surface area contributed by atoms with Gasteiger partial charge in [-0.1, -0.05) is 42.1 Å². The summed E-state index contributed by atoms with van der Waals surface area (Å²) in [6.07, 6.45) is 1.99. The van der Waals surface area contributed by atoms with E-state index in [0.717, 1.165) is 25.0 Å². The van der Waals surface area contributed by atoms with Gasteiger partial charge in [-0.15, -0.1) is 0 Å². The van der Waals surface area contributed by atoms with Crippen LogP contribution >= 0.6 is 11.8 Å². The topological polar surface area (TPSA) is 73.2 Å². The van der Waals surface area contributed by atoms with Crippen LogP contribution < -0.4 is 10.9 Å². The number of carbonyl (C=O) groups is 1. The van der Waals surface area contributed by atoms with Crippen LogP contribution in [0.3, 0.4) is 0 Å². The fraction of sp³-hybridized carbons (Fsp3) is 0.375. The second-order valence-corrected chi connectivity index (χ2v) is 9.02.